The van der Waals surface area contributed by atoms with Gasteiger partial charge in [0.05, 0.1) is 5.60 Å². The summed E-state index contributed by atoms with van der Waals surface area (Å²) in [4.78, 5) is 0. The Labute approximate surface area is 89.3 Å². The van der Waals surface area contributed by atoms with Crippen molar-refractivity contribution in [2.75, 3.05) is 6.54 Å². The molecule has 0 spiro atoms. The van der Waals surface area contributed by atoms with Gasteiger partial charge in [0, 0.05) is 6.54 Å². The topological polar surface area (TPSA) is 46.2 Å². The molecular weight excluding hydrogens is 186 g/mol. The third kappa shape index (κ3) is 1.87. The number of rotatable bonds is 2. The average Bonchev–Trinajstić information content (AvgIpc) is 2.28. The molecule has 2 aromatic rings. The summed E-state index contributed by atoms with van der Waals surface area (Å²) in [5.74, 6) is 0. The molecule has 0 saturated heterocycles. The van der Waals surface area contributed by atoms with Gasteiger partial charge in [-0.25, -0.2) is 0 Å². The van der Waals surface area contributed by atoms with E-state index in [1.165, 1.54) is 5.39 Å². The van der Waals surface area contributed by atoms with Crippen LogP contribution in [0.1, 0.15) is 12.5 Å². The van der Waals surface area contributed by atoms with Gasteiger partial charge in [0.2, 0.25) is 0 Å². The number of nitrogens with two attached hydrogens (primary N) is 1. The van der Waals surface area contributed by atoms with Crippen molar-refractivity contribution in [1.29, 1.82) is 0 Å². The lowest BCUT2D eigenvalue weighted by Crippen LogP contribution is -2.31. The first kappa shape index (κ1) is 10.1. The molecule has 2 heteroatoms. The second-order valence-electron chi connectivity index (χ2n) is 4.04. The minimum Gasteiger partial charge on any atom is -0.384 e. The van der Waals surface area contributed by atoms with Gasteiger partial charge in [-0.1, -0.05) is 36.4 Å². The number of hydrogen-bond acceptors (Lipinski definition) is 2. The molecule has 0 aliphatic carbocycles. The molecule has 0 heterocycles. The smallest absolute Gasteiger partial charge is 0.0990 e. The van der Waals surface area contributed by atoms with Gasteiger partial charge in [-0.3, -0.25) is 0 Å². The van der Waals surface area contributed by atoms with Crippen molar-refractivity contribution in [1.82, 2.24) is 0 Å². The summed E-state index contributed by atoms with van der Waals surface area (Å²) < 4.78 is 0. The lowest BCUT2D eigenvalue weighted by molar-refractivity contribution is 0.0670. The Morgan fingerprint density at radius 2 is 1.80 bits per heavy atom. The molecule has 0 fully saturated rings. The van der Waals surface area contributed by atoms with Crippen LogP contribution in [0.5, 0.6) is 0 Å². The molecule has 3 N–H and O–H groups in total. The van der Waals surface area contributed by atoms with Crippen LogP contribution in [0.4, 0.5) is 0 Å². The van der Waals surface area contributed by atoms with Crippen LogP contribution >= 0.6 is 0 Å². The Balaban J connectivity index is 2.56. The van der Waals surface area contributed by atoms with Gasteiger partial charge in [-0.2, -0.15) is 0 Å². The van der Waals surface area contributed by atoms with Crippen molar-refractivity contribution in [2.45, 2.75) is 12.5 Å². The van der Waals surface area contributed by atoms with Crippen LogP contribution in [-0.4, -0.2) is 11.7 Å². The third-order valence-electron chi connectivity index (χ3n) is 2.77. The molecule has 1 unspecified atom stereocenters. The minimum atomic E-state index is -0.940. The highest BCUT2D eigenvalue weighted by atomic mass is 16.3. The second kappa shape index (κ2) is 3.65. The van der Waals surface area contributed by atoms with Crippen molar-refractivity contribution in [2.24, 2.45) is 5.73 Å². The average molecular weight is 201 g/mol. The van der Waals surface area contributed by atoms with Crippen molar-refractivity contribution in [3.63, 3.8) is 0 Å². The van der Waals surface area contributed by atoms with E-state index in [4.69, 9.17) is 5.73 Å². The van der Waals surface area contributed by atoms with Crippen molar-refractivity contribution in [3.05, 3.63) is 48.0 Å². The largest absolute Gasteiger partial charge is 0.384 e. The zero-order valence-electron chi connectivity index (χ0n) is 8.77. The Hall–Kier alpha value is -1.38. The molecule has 0 bridgehead atoms. The summed E-state index contributed by atoms with van der Waals surface area (Å²) in [6, 6.07) is 14.0. The van der Waals surface area contributed by atoms with E-state index in [0.717, 1.165) is 10.9 Å². The molecule has 1 atom stereocenters. The summed E-state index contributed by atoms with van der Waals surface area (Å²) >= 11 is 0. The highest BCUT2D eigenvalue weighted by Crippen LogP contribution is 2.23. The fourth-order valence-corrected chi connectivity index (χ4v) is 1.64. The van der Waals surface area contributed by atoms with Crippen LogP contribution in [0.3, 0.4) is 0 Å². The van der Waals surface area contributed by atoms with Gasteiger partial charge in [-0.05, 0) is 29.3 Å². The zero-order valence-corrected chi connectivity index (χ0v) is 8.77. The van der Waals surface area contributed by atoms with Gasteiger partial charge < -0.3 is 10.8 Å². The molecule has 78 valence electrons. The summed E-state index contributed by atoms with van der Waals surface area (Å²) in [5.41, 5.74) is 5.46. The van der Waals surface area contributed by atoms with Gasteiger partial charge in [0.25, 0.3) is 0 Å². The van der Waals surface area contributed by atoms with Crippen LogP contribution < -0.4 is 5.73 Å². The molecule has 2 rings (SSSR count). The van der Waals surface area contributed by atoms with E-state index in [2.05, 4.69) is 6.07 Å². The van der Waals surface area contributed by atoms with E-state index < -0.39 is 5.60 Å². The summed E-state index contributed by atoms with van der Waals surface area (Å²) in [6.45, 7) is 1.96. The Kier molecular flexibility index (Phi) is 2.47. The molecular formula is C13H15NO. The van der Waals surface area contributed by atoms with E-state index >= 15 is 0 Å². The Morgan fingerprint density at radius 3 is 2.47 bits per heavy atom. The number of fused-ring (bicyclic) bond motifs is 1. The summed E-state index contributed by atoms with van der Waals surface area (Å²) in [5, 5.41) is 12.3. The van der Waals surface area contributed by atoms with Crippen LogP contribution in [0.15, 0.2) is 42.5 Å². The Morgan fingerprint density at radius 1 is 1.13 bits per heavy atom. The van der Waals surface area contributed by atoms with Gasteiger partial charge in [0.15, 0.2) is 0 Å². The van der Waals surface area contributed by atoms with Gasteiger partial charge in [-0.15, -0.1) is 0 Å². The molecule has 2 aromatic carbocycles. The molecule has 0 aliphatic heterocycles. The zero-order chi connectivity index (χ0) is 10.9. The van der Waals surface area contributed by atoms with Crippen LogP contribution in [-0.2, 0) is 5.60 Å². The first-order chi connectivity index (χ1) is 7.13. The predicted molar refractivity (Wildman–Crippen MR) is 62.6 cm³/mol. The van der Waals surface area contributed by atoms with Crippen molar-refractivity contribution >= 4 is 10.8 Å². The maximum atomic E-state index is 10.0. The normalized spacial score (nSPS) is 15.1. The van der Waals surface area contributed by atoms with E-state index in [9.17, 15) is 5.11 Å². The van der Waals surface area contributed by atoms with E-state index in [1.807, 2.05) is 36.4 Å². The fourth-order valence-electron chi connectivity index (χ4n) is 1.64. The Bertz CT molecular complexity index is 477. The quantitative estimate of drug-likeness (QED) is 0.780. The molecule has 0 saturated carbocycles. The monoisotopic (exact) mass is 201 g/mol. The first-order valence-electron chi connectivity index (χ1n) is 5.05. The highest BCUT2D eigenvalue weighted by Gasteiger charge is 2.20. The minimum absolute atomic E-state index is 0.228. The summed E-state index contributed by atoms with van der Waals surface area (Å²) in [6.07, 6.45) is 0. The maximum Gasteiger partial charge on any atom is 0.0990 e. The second-order valence-corrected chi connectivity index (χ2v) is 4.04. The van der Waals surface area contributed by atoms with Crippen LogP contribution in [0.2, 0.25) is 0 Å². The van der Waals surface area contributed by atoms with E-state index in [0.29, 0.717) is 0 Å². The molecule has 0 amide bonds. The highest BCUT2D eigenvalue weighted by molar-refractivity contribution is 5.83. The molecule has 0 aromatic heterocycles. The SMILES string of the molecule is CC(O)(CN)c1ccc2ccccc2c1. The standard InChI is InChI=1S/C13H15NO/c1-13(15,9-14)12-7-6-10-4-2-3-5-11(10)8-12/h2-8,15H,9,14H2,1H3. The number of hydrogen-bond donors (Lipinski definition) is 2. The van der Waals surface area contributed by atoms with Crippen LogP contribution in [0.25, 0.3) is 10.8 Å². The number of benzene rings is 2. The molecule has 0 aliphatic rings. The molecule has 15 heavy (non-hydrogen) atoms. The van der Waals surface area contributed by atoms with Gasteiger partial charge >= 0.3 is 0 Å². The van der Waals surface area contributed by atoms with Crippen LogP contribution in [0, 0.1) is 0 Å². The third-order valence-corrected chi connectivity index (χ3v) is 2.77. The fraction of sp³-hybridized carbons (Fsp3) is 0.231. The molecule has 2 nitrogen and oxygen atoms in total. The first-order valence-corrected chi connectivity index (χ1v) is 5.05. The number of aliphatic hydroxyl groups is 1. The maximum absolute atomic E-state index is 10.0. The van der Waals surface area contributed by atoms with Gasteiger partial charge in [0.1, 0.15) is 0 Å². The lowest BCUT2D eigenvalue weighted by Gasteiger charge is -2.21. The predicted octanol–water partition coefficient (Wildman–Crippen LogP) is 2.01. The van der Waals surface area contributed by atoms with Crippen molar-refractivity contribution in [3.8, 4) is 0 Å². The van der Waals surface area contributed by atoms with E-state index in [1.54, 1.807) is 6.92 Å². The van der Waals surface area contributed by atoms with Crippen molar-refractivity contribution < 1.29 is 5.11 Å². The lowest BCUT2D eigenvalue weighted by atomic mass is 9.94. The summed E-state index contributed by atoms with van der Waals surface area (Å²) in [7, 11) is 0. The van der Waals surface area contributed by atoms with E-state index in [-0.39, 0.29) is 6.54 Å². The molecule has 0 radical (unpaired) electrons.